The zero-order valence-corrected chi connectivity index (χ0v) is 11.7. The van der Waals surface area contributed by atoms with E-state index in [0.29, 0.717) is 16.8 Å². The molecule has 0 atom stereocenters. The molecule has 108 valence electrons. The van der Waals surface area contributed by atoms with Crippen molar-refractivity contribution in [2.45, 2.75) is 13.8 Å². The molecule has 0 unspecified atom stereocenters. The summed E-state index contributed by atoms with van der Waals surface area (Å²) in [4.78, 5) is 23.2. The first-order chi connectivity index (χ1) is 9.88. The summed E-state index contributed by atoms with van der Waals surface area (Å²) in [5.74, 6) is -1.32. The number of hydrogen-bond acceptors (Lipinski definition) is 3. The monoisotopic (exact) mass is 285 g/mol. The van der Waals surface area contributed by atoms with Crippen molar-refractivity contribution in [3.63, 3.8) is 0 Å². The number of phenols is 1. The SMILES string of the molecule is Cc1cc(NC(=O)c2ccc(O)cc2)cc(C(=O)O)c1C. The molecule has 0 spiro atoms. The summed E-state index contributed by atoms with van der Waals surface area (Å²) in [5, 5.41) is 21.0. The fourth-order valence-corrected chi connectivity index (χ4v) is 1.97. The summed E-state index contributed by atoms with van der Waals surface area (Å²) in [6.07, 6.45) is 0. The number of carbonyl (C=O) groups is 2. The van der Waals surface area contributed by atoms with E-state index in [2.05, 4.69) is 5.32 Å². The van der Waals surface area contributed by atoms with Crippen LogP contribution in [-0.4, -0.2) is 22.1 Å². The second-order valence-electron chi connectivity index (χ2n) is 4.77. The lowest BCUT2D eigenvalue weighted by Gasteiger charge is -2.11. The minimum absolute atomic E-state index is 0.0749. The molecule has 1 amide bonds. The normalized spacial score (nSPS) is 10.2. The van der Waals surface area contributed by atoms with E-state index in [-0.39, 0.29) is 17.2 Å². The van der Waals surface area contributed by atoms with E-state index in [1.807, 2.05) is 0 Å². The molecule has 0 aliphatic heterocycles. The van der Waals surface area contributed by atoms with E-state index in [0.717, 1.165) is 5.56 Å². The van der Waals surface area contributed by atoms with E-state index in [9.17, 15) is 14.7 Å². The van der Waals surface area contributed by atoms with Gasteiger partial charge >= 0.3 is 5.97 Å². The van der Waals surface area contributed by atoms with Gasteiger partial charge in [-0.15, -0.1) is 0 Å². The van der Waals surface area contributed by atoms with E-state index in [1.54, 1.807) is 19.9 Å². The molecule has 0 saturated heterocycles. The zero-order valence-electron chi connectivity index (χ0n) is 11.7. The maximum Gasteiger partial charge on any atom is 0.336 e. The van der Waals surface area contributed by atoms with E-state index in [1.165, 1.54) is 30.3 Å². The summed E-state index contributed by atoms with van der Waals surface area (Å²) in [6.45, 7) is 3.52. The minimum Gasteiger partial charge on any atom is -0.508 e. The van der Waals surface area contributed by atoms with Crippen LogP contribution in [0.3, 0.4) is 0 Å². The molecule has 0 heterocycles. The molecular formula is C16H15NO4. The fourth-order valence-electron chi connectivity index (χ4n) is 1.97. The largest absolute Gasteiger partial charge is 0.508 e. The van der Waals surface area contributed by atoms with E-state index in [4.69, 9.17) is 5.11 Å². The van der Waals surface area contributed by atoms with Crippen LogP contribution in [0.15, 0.2) is 36.4 Å². The number of carbonyl (C=O) groups excluding carboxylic acids is 1. The molecule has 0 aliphatic rings. The van der Waals surface area contributed by atoms with Crippen molar-refractivity contribution in [1.82, 2.24) is 0 Å². The second kappa shape index (κ2) is 5.66. The molecule has 5 nitrogen and oxygen atoms in total. The Labute approximate surface area is 121 Å². The Hall–Kier alpha value is -2.82. The Bertz CT molecular complexity index is 705. The third kappa shape index (κ3) is 3.20. The van der Waals surface area contributed by atoms with Gasteiger partial charge in [-0.1, -0.05) is 0 Å². The van der Waals surface area contributed by atoms with Gasteiger partial charge in [0.25, 0.3) is 5.91 Å². The molecule has 0 bridgehead atoms. The van der Waals surface area contributed by atoms with Crippen LogP contribution < -0.4 is 5.32 Å². The Balaban J connectivity index is 2.29. The number of carboxylic acid groups (broad SMARTS) is 1. The zero-order chi connectivity index (χ0) is 15.6. The molecule has 2 aromatic rings. The quantitative estimate of drug-likeness (QED) is 0.809. The average molecular weight is 285 g/mol. The number of carboxylic acids is 1. The lowest BCUT2D eigenvalue weighted by atomic mass is 10.0. The molecule has 2 rings (SSSR count). The fraction of sp³-hybridized carbons (Fsp3) is 0.125. The van der Waals surface area contributed by atoms with Gasteiger partial charge in [0, 0.05) is 11.3 Å². The summed E-state index contributed by atoms with van der Waals surface area (Å²) in [7, 11) is 0. The lowest BCUT2D eigenvalue weighted by Crippen LogP contribution is -2.13. The molecule has 0 aliphatic carbocycles. The number of phenolic OH excluding ortho intramolecular Hbond substituents is 1. The molecule has 3 N–H and O–H groups in total. The highest BCUT2D eigenvalue weighted by Crippen LogP contribution is 2.21. The van der Waals surface area contributed by atoms with Crippen LogP contribution in [0.5, 0.6) is 5.75 Å². The van der Waals surface area contributed by atoms with Crippen molar-refractivity contribution in [3.05, 3.63) is 58.7 Å². The van der Waals surface area contributed by atoms with Crippen molar-refractivity contribution in [2.75, 3.05) is 5.32 Å². The van der Waals surface area contributed by atoms with Crippen LogP contribution in [0.1, 0.15) is 31.8 Å². The highest BCUT2D eigenvalue weighted by molar-refractivity contribution is 6.05. The second-order valence-corrected chi connectivity index (χ2v) is 4.77. The standard InChI is InChI=1S/C16H15NO4/c1-9-7-12(8-14(10(9)2)16(20)21)17-15(19)11-3-5-13(18)6-4-11/h3-8,18H,1-2H3,(H,17,19)(H,20,21). The lowest BCUT2D eigenvalue weighted by molar-refractivity contribution is 0.0695. The Kier molecular flexibility index (Phi) is 3.93. The Morgan fingerprint density at radius 1 is 1.05 bits per heavy atom. The highest BCUT2D eigenvalue weighted by Gasteiger charge is 2.13. The first-order valence-corrected chi connectivity index (χ1v) is 6.33. The summed E-state index contributed by atoms with van der Waals surface area (Å²) in [6, 6.07) is 8.96. The molecule has 0 aromatic heterocycles. The summed E-state index contributed by atoms with van der Waals surface area (Å²) < 4.78 is 0. The van der Waals surface area contributed by atoms with Crippen molar-refractivity contribution >= 4 is 17.6 Å². The van der Waals surface area contributed by atoms with Gasteiger partial charge in [-0.25, -0.2) is 4.79 Å². The molecule has 5 heteroatoms. The minimum atomic E-state index is -1.03. The predicted octanol–water partition coefficient (Wildman–Crippen LogP) is 2.96. The van der Waals surface area contributed by atoms with Gasteiger partial charge in [0.1, 0.15) is 5.75 Å². The van der Waals surface area contributed by atoms with Gasteiger partial charge in [0.2, 0.25) is 0 Å². The molecular weight excluding hydrogens is 270 g/mol. The van der Waals surface area contributed by atoms with Gasteiger partial charge in [0.05, 0.1) is 5.56 Å². The van der Waals surface area contributed by atoms with Crippen molar-refractivity contribution < 1.29 is 19.8 Å². The first kappa shape index (κ1) is 14.6. The smallest absolute Gasteiger partial charge is 0.336 e. The van der Waals surface area contributed by atoms with Crippen LogP contribution in [0, 0.1) is 13.8 Å². The highest BCUT2D eigenvalue weighted by atomic mass is 16.4. The number of nitrogens with one attached hydrogen (secondary N) is 1. The van der Waals surface area contributed by atoms with Crippen LogP contribution in [-0.2, 0) is 0 Å². The average Bonchev–Trinajstić information content (AvgIpc) is 2.43. The first-order valence-electron chi connectivity index (χ1n) is 6.33. The van der Waals surface area contributed by atoms with Crippen molar-refractivity contribution in [2.24, 2.45) is 0 Å². The van der Waals surface area contributed by atoms with Gasteiger partial charge in [-0.3, -0.25) is 4.79 Å². The maximum atomic E-state index is 12.1. The van der Waals surface area contributed by atoms with Gasteiger partial charge in [0.15, 0.2) is 0 Å². The van der Waals surface area contributed by atoms with Gasteiger partial charge in [-0.2, -0.15) is 0 Å². The Morgan fingerprint density at radius 2 is 1.67 bits per heavy atom. The summed E-state index contributed by atoms with van der Waals surface area (Å²) >= 11 is 0. The topological polar surface area (TPSA) is 86.6 Å². The number of aromatic carboxylic acids is 1. The molecule has 21 heavy (non-hydrogen) atoms. The van der Waals surface area contributed by atoms with Crippen LogP contribution in [0.25, 0.3) is 0 Å². The number of amides is 1. The van der Waals surface area contributed by atoms with Crippen LogP contribution >= 0.6 is 0 Å². The molecule has 0 fully saturated rings. The number of benzene rings is 2. The van der Waals surface area contributed by atoms with Crippen LogP contribution in [0.2, 0.25) is 0 Å². The van der Waals surface area contributed by atoms with Gasteiger partial charge in [-0.05, 0) is 61.4 Å². The number of aromatic hydroxyl groups is 1. The maximum absolute atomic E-state index is 12.1. The number of aryl methyl sites for hydroxylation is 1. The Morgan fingerprint density at radius 3 is 2.24 bits per heavy atom. The van der Waals surface area contributed by atoms with E-state index >= 15 is 0 Å². The third-order valence-electron chi connectivity index (χ3n) is 3.29. The number of rotatable bonds is 3. The number of hydrogen-bond donors (Lipinski definition) is 3. The van der Waals surface area contributed by atoms with Crippen molar-refractivity contribution in [1.29, 1.82) is 0 Å². The van der Waals surface area contributed by atoms with Crippen molar-refractivity contribution in [3.8, 4) is 5.75 Å². The number of anilines is 1. The van der Waals surface area contributed by atoms with Crippen LogP contribution in [0.4, 0.5) is 5.69 Å². The molecule has 0 saturated carbocycles. The summed E-state index contributed by atoms with van der Waals surface area (Å²) in [5.41, 5.74) is 2.42. The third-order valence-corrected chi connectivity index (χ3v) is 3.29. The molecule has 0 radical (unpaired) electrons. The van der Waals surface area contributed by atoms with Gasteiger partial charge < -0.3 is 15.5 Å². The molecule has 2 aromatic carbocycles. The van der Waals surface area contributed by atoms with E-state index < -0.39 is 5.97 Å². The predicted molar refractivity (Wildman–Crippen MR) is 78.9 cm³/mol.